The molecule has 13 nitrogen and oxygen atoms in total. The Balaban J connectivity index is 0.793. The van der Waals surface area contributed by atoms with E-state index in [-0.39, 0.29) is 18.3 Å². The predicted octanol–water partition coefficient (Wildman–Crippen LogP) is 6.02. The molecular formula is C44H45ClN8O5. The molecule has 0 saturated carbocycles. The molecule has 4 aliphatic heterocycles. The van der Waals surface area contributed by atoms with Crippen LogP contribution >= 0.6 is 11.6 Å². The van der Waals surface area contributed by atoms with E-state index in [1.54, 1.807) is 24.4 Å². The van der Waals surface area contributed by atoms with Gasteiger partial charge in [-0.15, -0.1) is 0 Å². The van der Waals surface area contributed by atoms with Gasteiger partial charge in [0.15, 0.2) is 5.69 Å². The molecule has 3 aromatic carbocycles. The summed E-state index contributed by atoms with van der Waals surface area (Å²) in [5.74, 6) is 0.0238. The molecule has 1 atom stereocenters. The first kappa shape index (κ1) is 39.0. The Kier molecular flexibility index (Phi) is 10.6. The lowest BCUT2D eigenvalue weighted by Crippen LogP contribution is -2.59. The first-order valence-corrected chi connectivity index (χ1v) is 20.1. The minimum atomic E-state index is -0.973. The number of halogens is 1. The van der Waals surface area contributed by atoms with Gasteiger partial charge in [0.2, 0.25) is 17.8 Å². The summed E-state index contributed by atoms with van der Waals surface area (Å²) >= 11 is 6.30. The van der Waals surface area contributed by atoms with Crippen molar-refractivity contribution in [1.29, 1.82) is 0 Å². The number of carbonyl (C=O) groups excluding carboxylic acids is 4. The monoisotopic (exact) mass is 800 g/mol. The zero-order valence-electron chi connectivity index (χ0n) is 32.8. The highest BCUT2D eigenvalue weighted by atomic mass is 35.5. The van der Waals surface area contributed by atoms with E-state index in [1.165, 1.54) is 0 Å². The van der Waals surface area contributed by atoms with Crippen LogP contribution in [-0.2, 0) is 21.6 Å². The van der Waals surface area contributed by atoms with Crippen LogP contribution in [0.4, 0.5) is 17.3 Å². The molecule has 0 radical (unpaired) electrons. The summed E-state index contributed by atoms with van der Waals surface area (Å²) in [5, 5.41) is 2.79. The Bertz CT molecular complexity index is 2310. The molecule has 1 aromatic heterocycles. The molecule has 4 aliphatic rings. The number of rotatable bonds is 11. The largest absolute Gasteiger partial charge is 0.487 e. The number of anilines is 2. The van der Waals surface area contributed by atoms with Crippen LogP contribution < -0.4 is 19.9 Å². The average molecular weight is 801 g/mol. The molecule has 5 heterocycles. The van der Waals surface area contributed by atoms with Crippen molar-refractivity contribution in [3.05, 3.63) is 117 Å². The normalized spacial score (nSPS) is 19.0. The van der Waals surface area contributed by atoms with Crippen molar-refractivity contribution in [2.45, 2.75) is 63.6 Å². The second-order valence-corrected chi connectivity index (χ2v) is 16.6. The van der Waals surface area contributed by atoms with Crippen LogP contribution in [-0.4, -0.2) is 95.3 Å². The predicted molar refractivity (Wildman–Crippen MR) is 219 cm³/mol. The number of carbonyl (C=O) groups is 4. The van der Waals surface area contributed by atoms with Crippen LogP contribution in [0.2, 0.25) is 5.02 Å². The molecule has 8 rings (SSSR count). The fourth-order valence-corrected chi connectivity index (χ4v) is 8.61. The zero-order chi connectivity index (χ0) is 40.7. The number of hydrogen-bond donors (Lipinski definition) is 1. The third-order valence-electron chi connectivity index (χ3n) is 12.1. The van der Waals surface area contributed by atoms with Gasteiger partial charge >= 0.3 is 0 Å². The van der Waals surface area contributed by atoms with Crippen LogP contribution in [0, 0.1) is 12.5 Å². The van der Waals surface area contributed by atoms with Gasteiger partial charge in [-0.05, 0) is 91.9 Å². The quantitative estimate of drug-likeness (QED) is 0.142. The lowest BCUT2D eigenvalue weighted by Gasteiger charge is -2.47. The van der Waals surface area contributed by atoms with E-state index in [9.17, 15) is 19.2 Å². The summed E-state index contributed by atoms with van der Waals surface area (Å²) in [6, 6.07) is 20.1. The number of imide groups is 2. The van der Waals surface area contributed by atoms with Crippen LogP contribution in [0.25, 0.3) is 4.85 Å². The number of benzene rings is 3. The van der Waals surface area contributed by atoms with Crippen molar-refractivity contribution in [2.75, 3.05) is 49.6 Å². The van der Waals surface area contributed by atoms with Gasteiger partial charge in [0.05, 0.1) is 23.4 Å². The highest BCUT2D eigenvalue weighted by Gasteiger charge is 2.45. The summed E-state index contributed by atoms with van der Waals surface area (Å²) in [5.41, 5.74) is 4.51. The molecule has 1 unspecified atom stereocenters. The van der Waals surface area contributed by atoms with Crippen molar-refractivity contribution >= 4 is 52.6 Å². The summed E-state index contributed by atoms with van der Waals surface area (Å²) < 4.78 is 6.13. The number of fused-ring (bicyclic) bond motifs is 1. The molecule has 4 aromatic rings. The molecule has 4 amide bonds. The van der Waals surface area contributed by atoms with E-state index in [1.807, 2.05) is 48.5 Å². The smallest absolute Gasteiger partial charge is 0.262 e. The number of ether oxygens (including phenoxy) is 1. The van der Waals surface area contributed by atoms with Crippen molar-refractivity contribution in [3.63, 3.8) is 0 Å². The Morgan fingerprint density at radius 3 is 2.38 bits per heavy atom. The Labute approximate surface area is 342 Å². The Morgan fingerprint density at radius 2 is 1.66 bits per heavy atom. The number of piperidine rings is 2. The Morgan fingerprint density at radius 1 is 0.914 bits per heavy atom. The maximum atomic E-state index is 13.3. The molecule has 298 valence electrons. The fraction of sp³-hybridized carbons (Fsp3) is 0.386. The molecule has 1 N–H and O–H groups in total. The lowest BCUT2D eigenvalue weighted by molar-refractivity contribution is -0.136. The van der Waals surface area contributed by atoms with Crippen molar-refractivity contribution in [1.82, 2.24) is 25.1 Å². The molecule has 3 fully saturated rings. The SMILES string of the molecule is [C-]#[N+]c1cc(Cl)cc(C(C)(C)c2ccc(OCc3ccnc(N4CCC(CN(C)C5CN(c6ccc7c(c6)C(=O)N(C6CCC(=O)NC6=O)C7=O)C5)CC4)n3)cc2)c1. The molecule has 3 saturated heterocycles. The highest BCUT2D eigenvalue weighted by Crippen LogP contribution is 2.37. The van der Waals surface area contributed by atoms with Crippen molar-refractivity contribution in [3.8, 4) is 5.75 Å². The van der Waals surface area contributed by atoms with Crippen LogP contribution in [0.1, 0.15) is 77.1 Å². The van der Waals surface area contributed by atoms with Gasteiger partial charge in [-0.25, -0.2) is 14.8 Å². The number of amides is 4. The lowest BCUT2D eigenvalue weighted by atomic mass is 9.78. The van der Waals surface area contributed by atoms with Gasteiger partial charge in [0, 0.05) is 67.5 Å². The number of aromatic nitrogens is 2. The van der Waals surface area contributed by atoms with Crippen LogP contribution in [0.15, 0.2) is 72.9 Å². The number of nitrogens with one attached hydrogen (secondary N) is 1. The summed E-state index contributed by atoms with van der Waals surface area (Å²) in [7, 11) is 2.17. The molecular weight excluding hydrogens is 756 g/mol. The second-order valence-electron chi connectivity index (χ2n) is 16.2. The van der Waals surface area contributed by atoms with Gasteiger partial charge in [0.1, 0.15) is 18.4 Å². The molecule has 0 aliphatic carbocycles. The molecule has 14 heteroatoms. The van der Waals surface area contributed by atoms with Gasteiger partial charge in [-0.1, -0.05) is 43.6 Å². The average Bonchev–Trinajstić information content (AvgIpc) is 3.44. The minimum absolute atomic E-state index is 0.0913. The third kappa shape index (κ3) is 7.74. The van der Waals surface area contributed by atoms with E-state index in [4.69, 9.17) is 27.9 Å². The summed E-state index contributed by atoms with van der Waals surface area (Å²) in [6.45, 7) is 16.3. The van der Waals surface area contributed by atoms with Crippen molar-refractivity contribution in [2.24, 2.45) is 5.92 Å². The van der Waals surface area contributed by atoms with Gasteiger partial charge in [0.25, 0.3) is 11.8 Å². The molecule has 0 bridgehead atoms. The summed E-state index contributed by atoms with van der Waals surface area (Å²) in [4.78, 5) is 71.3. The maximum absolute atomic E-state index is 13.3. The number of hydrogen-bond acceptors (Lipinski definition) is 10. The second kappa shape index (κ2) is 15.8. The topological polar surface area (TPSA) is 133 Å². The van der Waals surface area contributed by atoms with Crippen LogP contribution in [0.5, 0.6) is 5.75 Å². The number of nitrogens with zero attached hydrogens (tertiary/aromatic N) is 7. The summed E-state index contributed by atoms with van der Waals surface area (Å²) in [6.07, 6.45) is 4.09. The molecule has 0 spiro atoms. The van der Waals surface area contributed by atoms with E-state index in [0.29, 0.717) is 40.4 Å². The van der Waals surface area contributed by atoms with Gasteiger partial charge < -0.3 is 14.5 Å². The van der Waals surface area contributed by atoms with Crippen molar-refractivity contribution < 1.29 is 23.9 Å². The minimum Gasteiger partial charge on any atom is -0.487 e. The van der Waals surface area contributed by atoms with Gasteiger partial charge in [-0.2, -0.15) is 0 Å². The molecule has 58 heavy (non-hydrogen) atoms. The Hall–Kier alpha value is -5.84. The van der Waals surface area contributed by atoms with E-state index in [0.717, 1.165) is 84.7 Å². The van der Waals surface area contributed by atoms with E-state index in [2.05, 4.69) is 50.7 Å². The zero-order valence-corrected chi connectivity index (χ0v) is 33.5. The van der Waals surface area contributed by atoms with Crippen LogP contribution in [0.3, 0.4) is 0 Å². The highest BCUT2D eigenvalue weighted by molar-refractivity contribution is 6.31. The standard InChI is InChI=1S/C44H45ClN8O5/c1-44(2,29-19-30(45)21-32(20-29)46-3)28-5-8-35(9-6-28)58-26-31-13-16-47-43(48-31)51-17-14-27(15-18-51)23-50(4)34-24-52(25-34)33-7-10-36-37(22-33)42(57)53(41(36)56)38-11-12-39(54)49-40(38)55/h5-10,13,16,19-22,27,34,38H,11-12,14-15,17-18,23-26H2,1-2,4H3,(H,49,54,55). The van der Waals surface area contributed by atoms with E-state index < -0.39 is 29.7 Å². The first-order chi connectivity index (χ1) is 27.9. The van der Waals surface area contributed by atoms with Gasteiger partial charge in [-0.3, -0.25) is 34.3 Å². The fourth-order valence-electron chi connectivity index (χ4n) is 8.38. The maximum Gasteiger partial charge on any atom is 0.262 e. The number of likely N-dealkylation sites (N-methyl/N-ethyl adjacent to an activating group) is 1. The third-order valence-corrected chi connectivity index (χ3v) is 12.3. The van der Waals surface area contributed by atoms with E-state index >= 15 is 0 Å². The first-order valence-electron chi connectivity index (χ1n) is 19.7.